The van der Waals surface area contributed by atoms with Crippen LogP contribution in [0.5, 0.6) is 0 Å². The molecule has 1 aliphatic heterocycles. The molecular weight excluding hydrogens is 178 g/mol. The molecule has 3 fully saturated rings. The highest BCUT2D eigenvalue weighted by atomic mass is 16.5. The van der Waals surface area contributed by atoms with E-state index in [2.05, 4.69) is 5.32 Å². The number of nitrogens with one attached hydrogen (secondary N) is 1. The van der Waals surface area contributed by atoms with Crippen molar-refractivity contribution in [3.05, 3.63) is 0 Å². The van der Waals surface area contributed by atoms with Crippen molar-refractivity contribution in [3.63, 3.8) is 0 Å². The summed E-state index contributed by atoms with van der Waals surface area (Å²) >= 11 is 0. The standard InChI is InChI=1S/C11H17NO2/c1-2-14-11(13)10-9-7-4-3-6(7)8(9)5-12-10/h6-10,12H,2-5H2,1H3. The second-order valence-corrected chi connectivity index (χ2v) is 4.78. The van der Waals surface area contributed by atoms with Crippen molar-refractivity contribution in [2.75, 3.05) is 13.2 Å². The molecule has 3 aliphatic rings. The first kappa shape index (κ1) is 8.72. The van der Waals surface area contributed by atoms with E-state index in [0.29, 0.717) is 12.5 Å². The van der Waals surface area contributed by atoms with Crippen LogP contribution in [-0.2, 0) is 9.53 Å². The molecule has 1 N–H and O–H groups in total. The third kappa shape index (κ3) is 0.937. The Balaban J connectivity index is 1.68. The number of hydrogen-bond acceptors (Lipinski definition) is 3. The normalized spacial score (nSPS) is 48.5. The molecule has 1 saturated heterocycles. The molecule has 2 aliphatic carbocycles. The molecule has 0 aromatic heterocycles. The number of ether oxygens (including phenoxy) is 1. The number of carbonyl (C=O) groups excluding carboxylic acids is 1. The molecular formula is C11H17NO2. The zero-order valence-electron chi connectivity index (χ0n) is 8.53. The predicted octanol–water partition coefficient (Wildman–Crippen LogP) is 0.793. The minimum atomic E-state index is -0.0228. The van der Waals surface area contributed by atoms with E-state index in [-0.39, 0.29) is 12.0 Å². The number of esters is 1. The van der Waals surface area contributed by atoms with Gasteiger partial charge in [0, 0.05) is 0 Å². The predicted molar refractivity (Wildman–Crippen MR) is 51.6 cm³/mol. The summed E-state index contributed by atoms with van der Waals surface area (Å²) in [5.41, 5.74) is 0. The highest BCUT2D eigenvalue weighted by Crippen LogP contribution is 2.61. The molecule has 2 saturated carbocycles. The van der Waals surface area contributed by atoms with Crippen molar-refractivity contribution in [1.82, 2.24) is 5.32 Å². The molecule has 0 amide bonds. The lowest BCUT2D eigenvalue weighted by Crippen LogP contribution is -2.56. The molecule has 3 heteroatoms. The topological polar surface area (TPSA) is 38.3 Å². The van der Waals surface area contributed by atoms with Crippen molar-refractivity contribution >= 4 is 5.97 Å². The van der Waals surface area contributed by atoms with Gasteiger partial charge in [-0.25, -0.2) is 0 Å². The van der Waals surface area contributed by atoms with Gasteiger partial charge in [-0.15, -0.1) is 0 Å². The lowest BCUT2D eigenvalue weighted by atomic mass is 9.47. The fraction of sp³-hybridized carbons (Fsp3) is 0.909. The van der Waals surface area contributed by atoms with E-state index in [0.717, 1.165) is 24.3 Å². The zero-order chi connectivity index (χ0) is 9.71. The van der Waals surface area contributed by atoms with Gasteiger partial charge in [-0.05, 0) is 50.0 Å². The van der Waals surface area contributed by atoms with Crippen LogP contribution in [0.3, 0.4) is 0 Å². The third-order valence-corrected chi connectivity index (χ3v) is 4.42. The molecule has 0 spiro atoms. The van der Waals surface area contributed by atoms with Gasteiger partial charge < -0.3 is 10.1 Å². The molecule has 3 nitrogen and oxygen atoms in total. The second-order valence-electron chi connectivity index (χ2n) is 4.78. The first-order valence-corrected chi connectivity index (χ1v) is 5.73. The van der Waals surface area contributed by atoms with Crippen LogP contribution in [-0.4, -0.2) is 25.2 Å². The SMILES string of the molecule is CCOC(=O)C1NCC2C3CCC3C12. The van der Waals surface area contributed by atoms with Crippen LogP contribution in [0, 0.1) is 23.7 Å². The number of fused-ring (bicyclic) bond motifs is 4. The van der Waals surface area contributed by atoms with E-state index in [1.54, 1.807) is 0 Å². The van der Waals surface area contributed by atoms with Crippen LogP contribution in [0.1, 0.15) is 19.8 Å². The van der Waals surface area contributed by atoms with E-state index in [1.807, 2.05) is 6.92 Å². The minimum Gasteiger partial charge on any atom is -0.465 e. The smallest absolute Gasteiger partial charge is 0.323 e. The highest BCUT2D eigenvalue weighted by molar-refractivity contribution is 5.77. The van der Waals surface area contributed by atoms with Gasteiger partial charge in [0.1, 0.15) is 6.04 Å². The summed E-state index contributed by atoms with van der Waals surface area (Å²) in [5, 5.41) is 3.33. The van der Waals surface area contributed by atoms with E-state index in [1.165, 1.54) is 12.8 Å². The molecule has 14 heavy (non-hydrogen) atoms. The summed E-state index contributed by atoms with van der Waals surface area (Å²) in [6, 6.07) is 0.0153. The molecule has 5 atom stereocenters. The van der Waals surface area contributed by atoms with Gasteiger partial charge in [-0.2, -0.15) is 0 Å². The summed E-state index contributed by atoms with van der Waals surface area (Å²) in [7, 11) is 0. The van der Waals surface area contributed by atoms with Crippen LogP contribution < -0.4 is 5.32 Å². The van der Waals surface area contributed by atoms with Crippen molar-refractivity contribution in [3.8, 4) is 0 Å². The molecule has 0 bridgehead atoms. The monoisotopic (exact) mass is 195 g/mol. The van der Waals surface area contributed by atoms with Gasteiger partial charge in [-0.1, -0.05) is 0 Å². The fourth-order valence-corrected chi connectivity index (χ4v) is 3.67. The van der Waals surface area contributed by atoms with E-state index >= 15 is 0 Å². The van der Waals surface area contributed by atoms with E-state index in [9.17, 15) is 4.79 Å². The van der Waals surface area contributed by atoms with E-state index < -0.39 is 0 Å². The van der Waals surface area contributed by atoms with Crippen molar-refractivity contribution < 1.29 is 9.53 Å². The molecule has 0 aromatic rings. The Morgan fingerprint density at radius 3 is 2.79 bits per heavy atom. The Bertz CT molecular complexity index is 266. The van der Waals surface area contributed by atoms with Crippen molar-refractivity contribution in [2.45, 2.75) is 25.8 Å². The van der Waals surface area contributed by atoms with Gasteiger partial charge in [0.2, 0.25) is 0 Å². The number of carbonyl (C=O) groups is 1. The van der Waals surface area contributed by atoms with Crippen LogP contribution >= 0.6 is 0 Å². The number of hydrogen-bond donors (Lipinski definition) is 1. The third-order valence-electron chi connectivity index (χ3n) is 4.42. The van der Waals surface area contributed by atoms with Gasteiger partial charge in [0.05, 0.1) is 6.61 Å². The summed E-state index contributed by atoms with van der Waals surface area (Å²) in [5.74, 6) is 3.14. The van der Waals surface area contributed by atoms with Gasteiger partial charge in [-0.3, -0.25) is 4.79 Å². The van der Waals surface area contributed by atoms with Gasteiger partial charge in [0.25, 0.3) is 0 Å². The Morgan fingerprint density at radius 1 is 1.36 bits per heavy atom. The van der Waals surface area contributed by atoms with Crippen LogP contribution in [0.4, 0.5) is 0 Å². The fourth-order valence-electron chi connectivity index (χ4n) is 3.67. The second kappa shape index (κ2) is 2.96. The summed E-state index contributed by atoms with van der Waals surface area (Å²) in [4.78, 5) is 11.6. The largest absolute Gasteiger partial charge is 0.465 e. The number of rotatable bonds is 2. The minimum absolute atomic E-state index is 0.0153. The maximum absolute atomic E-state index is 11.6. The average molecular weight is 195 g/mol. The quantitative estimate of drug-likeness (QED) is 0.662. The van der Waals surface area contributed by atoms with Gasteiger partial charge in [0.15, 0.2) is 0 Å². The Morgan fingerprint density at radius 2 is 2.14 bits per heavy atom. The van der Waals surface area contributed by atoms with Crippen LogP contribution in [0.15, 0.2) is 0 Å². The van der Waals surface area contributed by atoms with Gasteiger partial charge >= 0.3 is 5.97 Å². The van der Waals surface area contributed by atoms with Crippen LogP contribution in [0.2, 0.25) is 0 Å². The Labute approximate surface area is 84.2 Å². The highest BCUT2D eigenvalue weighted by Gasteiger charge is 2.61. The maximum Gasteiger partial charge on any atom is 0.323 e. The van der Waals surface area contributed by atoms with Crippen molar-refractivity contribution in [1.29, 1.82) is 0 Å². The Kier molecular flexibility index (Phi) is 1.84. The molecule has 3 rings (SSSR count). The van der Waals surface area contributed by atoms with Crippen molar-refractivity contribution in [2.24, 2.45) is 23.7 Å². The van der Waals surface area contributed by atoms with E-state index in [4.69, 9.17) is 4.74 Å². The molecule has 0 aromatic carbocycles. The maximum atomic E-state index is 11.6. The Hall–Kier alpha value is -0.570. The van der Waals surface area contributed by atoms with Crippen LogP contribution in [0.25, 0.3) is 0 Å². The average Bonchev–Trinajstić information content (AvgIpc) is 2.46. The molecule has 5 unspecified atom stereocenters. The summed E-state index contributed by atoms with van der Waals surface area (Å²) < 4.78 is 5.08. The molecule has 0 radical (unpaired) electrons. The molecule has 1 heterocycles. The summed E-state index contributed by atoms with van der Waals surface area (Å²) in [6.07, 6.45) is 2.73. The first-order chi connectivity index (χ1) is 6.83. The lowest BCUT2D eigenvalue weighted by Gasteiger charge is -2.57. The summed E-state index contributed by atoms with van der Waals surface area (Å²) in [6.45, 7) is 3.41. The zero-order valence-corrected chi connectivity index (χ0v) is 8.53. The first-order valence-electron chi connectivity index (χ1n) is 5.73. The molecule has 78 valence electrons. The lowest BCUT2D eigenvalue weighted by molar-refractivity contribution is -0.153.